The molecule has 0 spiro atoms. The zero-order valence-corrected chi connectivity index (χ0v) is 14.8. The van der Waals surface area contributed by atoms with Crippen LogP contribution in [-0.4, -0.2) is 46.8 Å². The van der Waals surface area contributed by atoms with Crippen LogP contribution < -0.4 is 0 Å². The van der Waals surface area contributed by atoms with Crippen molar-refractivity contribution < 1.29 is 9.59 Å². The largest absolute Gasteiger partial charge is 0.340 e. The van der Waals surface area contributed by atoms with Crippen LogP contribution in [0.4, 0.5) is 0 Å². The van der Waals surface area contributed by atoms with Gasteiger partial charge in [-0.25, -0.2) is 0 Å². The second-order valence-corrected chi connectivity index (χ2v) is 7.55. The highest BCUT2D eigenvalue weighted by Gasteiger charge is 2.46. The van der Waals surface area contributed by atoms with E-state index < -0.39 is 5.54 Å². The summed E-state index contributed by atoms with van der Waals surface area (Å²) in [5.74, 6) is 0.669. The lowest BCUT2D eigenvalue weighted by Gasteiger charge is -2.47. The molecule has 1 aromatic carbocycles. The van der Waals surface area contributed by atoms with Gasteiger partial charge in [0.25, 0.3) is 5.91 Å². The molecule has 2 aliphatic heterocycles. The molecule has 0 unspecified atom stereocenters. The average molecular weight is 328 g/mol. The van der Waals surface area contributed by atoms with E-state index in [1.165, 1.54) is 6.42 Å². The third-order valence-electron chi connectivity index (χ3n) is 5.56. The third kappa shape index (κ3) is 3.19. The van der Waals surface area contributed by atoms with Crippen LogP contribution in [0, 0.1) is 5.92 Å². The molecule has 0 radical (unpaired) electrons. The molecule has 3 rings (SSSR count). The SMILES string of the molecule is C[C@@H]1CCCN(C(=O)[C@]2(C)CCCCN2C(=O)c2ccccc2)C1. The summed E-state index contributed by atoms with van der Waals surface area (Å²) in [7, 11) is 0. The number of carbonyl (C=O) groups excluding carboxylic acids is 2. The first-order valence-electron chi connectivity index (χ1n) is 9.19. The molecule has 0 saturated carbocycles. The number of rotatable bonds is 2. The number of piperidine rings is 2. The number of carbonyl (C=O) groups is 2. The Hall–Kier alpha value is -1.84. The summed E-state index contributed by atoms with van der Waals surface area (Å²) < 4.78 is 0. The van der Waals surface area contributed by atoms with Crippen LogP contribution in [0.25, 0.3) is 0 Å². The van der Waals surface area contributed by atoms with E-state index in [0.29, 0.717) is 18.0 Å². The predicted octanol–water partition coefficient (Wildman–Crippen LogP) is 3.33. The molecule has 2 aliphatic rings. The maximum atomic E-state index is 13.3. The fourth-order valence-corrected chi connectivity index (χ4v) is 4.12. The molecule has 0 N–H and O–H groups in total. The highest BCUT2D eigenvalue weighted by Crippen LogP contribution is 2.32. The predicted molar refractivity (Wildman–Crippen MR) is 94.7 cm³/mol. The lowest BCUT2D eigenvalue weighted by molar-refractivity contribution is -0.145. The van der Waals surface area contributed by atoms with Gasteiger partial charge >= 0.3 is 0 Å². The molecule has 4 nitrogen and oxygen atoms in total. The minimum absolute atomic E-state index is 0.0174. The first kappa shape index (κ1) is 17.0. The first-order chi connectivity index (χ1) is 11.5. The van der Waals surface area contributed by atoms with Gasteiger partial charge in [0.05, 0.1) is 0 Å². The van der Waals surface area contributed by atoms with Crippen molar-refractivity contribution in [2.75, 3.05) is 19.6 Å². The van der Waals surface area contributed by atoms with Crippen LogP contribution in [-0.2, 0) is 4.79 Å². The van der Waals surface area contributed by atoms with E-state index in [1.807, 2.05) is 47.1 Å². The molecule has 0 aliphatic carbocycles. The number of nitrogens with zero attached hydrogens (tertiary/aromatic N) is 2. The summed E-state index contributed by atoms with van der Waals surface area (Å²) in [6, 6.07) is 9.34. The normalized spacial score (nSPS) is 27.8. The van der Waals surface area contributed by atoms with Gasteiger partial charge in [-0.1, -0.05) is 25.1 Å². The molecule has 2 atom stereocenters. The number of hydrogen-bond donors (Lipinski definition) is 0. The van der Waals surface area contributed by atoms with E-state index in [0.717, 1.165) is 38.8 Å². The van der Waals surface area contributed by atoms with Crippen molar-refractivity contribution >= 4 is 11.8 Å². The molecule has 2 amide bonds. The number of likely N-dealkylation sites (tertiary alicyclic amines) is 2. The molecule has 2 fully saturated rings. The summed E-state index contributed by atoms with van der Waals surface area (Å²) >= 11 is 0. The lowest BCUT2D eigenvalue weighted by Crippen LogP contribution is -2.62. The van der Waals surface area contributed by atoms with Crippen molar-refractivity contribution in [2.45, 2.75) is 51.5 Å². The molecule has 1 aromatic rings. The summed E-state index contributed by atoms with van der Waals surface area (Å²) in [6.07, 6.45) is 4.99. The molecule has 0 aromatic heterocycles. The van der Waals surface area contributed by atoms with Crippen molar-refractivity contribution in [1.82, 2.24) is 9.80 Å². The molecule has 130 valence electrons. The minimum atomic E-state index is -0.706. The Morgan fingerprint density at radius 3 is 2.54 bits per heavy atom. The second-order valence-electron chi connectivity index (χ2n) is 7.55. The van der Waals surface area contributed by atoms with Crippen molar-refractivity contribution in [1.29, 1.82) is 0 Å². The Bertz CT molecular complexity index is 601. The monoisotopic (exact) mass is 328 g/mol. The van der Waals surface area contributed by atoms with Gasteiger partial charge in [-0.15, -0.1) is 0 Å². The van der Waals surface area contributed by atoms with E-state index in [4.69, 9.17) is 0 Å². The van der Waals surface area contributed by atoms with Crippen molar-refractivity contribution in [2.24, 2.45) is 5.92 Å². The molecule has 0 bridgehead atoms. The molecule has 24 heavy (non-hydrogen) atoms. The highest BCUT2D eigenvalue weighted by atomic mass is 16.2. The summed E-state index contributed by atoms with van der Waals surface area (Å²) in [4.78, 5) is 30.1. The zero-order chi connectivity index (χ0) is 17.2. The van der Waals surface area contributed by atoms with Gasteiger partial charge < -0.3 is 9.80 Å². The molecular formula is C20H28N2O2. The van der Waals surface area contributed by atoms with Gasteiger partial charge in [0.15, 0.2) is 0 Å². The van der Waals surface area contributed by atoms with Crippen LogP contribution in [0.2, 0.25) is 0 Å². The van der Waals surface area contributed by atoms with Gasteiger partial charge in [0.1, 0.15) is 5.54 Å². The van der Waals surface area contributed by atoms with Crippen molar-refractivity contribution in [3.8, 4) is 0 Å². The van der Waals surface area contributed by atoms with Gasteiger partial charge in [-0.3, -0.25) is 9.59 Å². The maximum Gasteiger partial charge on any atom is 0.254 e. The summed E-state index contributed by atoms with van der Waals surface area (Å²) in [5, 5.41) is 0. The maximum absolute atomic E-state index is 13.3. The molecule has 4 heteroatoms. The highest BCUT2D eigenvalue weighted by molar-refractivity contribution is 5.99. The van der Waals surface area contributed by atoms with Crippen molar-refractivity contribution in [3.05, 3.63) is 35.9 Å². The van der Waals surface area contributed by atoms with Gasteiger partial charge in [-0.2, -0.15) is 0 Å². The molecule has 2 saturated heterocycles. The Balaban J connectivity index is 1.84. The standard InChI is InChI=1S/C20H28N2O2/c1-16-9-8-13-21(15-16)19(24)20(2)12-6-7-14-22(20)18(23)17-10-4-3-5-11-17/h3-5,10-11,16H,6-9,12-15H2,1-2H3/t16-,20+/m1/s1. The number of benzene rings is 1. The smallest absolute Gasteiger partial charge is 0.254 e. The van der Waals surface area contributed by atoms with E-state index in [-0.39, 0.29) is 11.8 Å². The Labute approximate surface area is 144 Å². The Morgan fingerprint density at radius 1 is 1.08 bits per heavy atom. The van der Waals surface area contributed by atoms with Crippen LogP contribution >= 0.6 is 0 Å². The zero-order valence-electron chi connectivity index (χ0n) is 14.8. The van der Waals surface area contributed by atoms with E-state index in [2.05, 4.69) is 6.92 Å². The minimum Gasteiger partial charge on any atom is -0.340 e. The van der Waals surface area contributed by atoms with Gasteiger partial charge in [-0.05, 0) is 57.1 Å². The van der Waals surface area contributed by atoms with E-state index in [9.17, 15) is 9.59 Å². The van der Waals surface area contributed by atoms with Crippen molar-refractivity contribution in [3.63, 3.8) is 0 Å². The third-order valence-corrected chi connectivity index (χ3v) is 5.56. The van der Waals surface area contributed by atoms with Gasteiger partial charge in [0, 0.05) is 25.2 Å². The quantitative estimate of drug-likeness (QED) is 0.835. The van der Waals surface area contributed by atoms with Crippen LogP contribution in [0.1, 0.15) is 56.3 Å². The fraction of sp³-hybridized carbons (Fsp3) is 0.600. The second kappa shape index (κ2) is 6.96. The van der Waals surface area contributed by atoms with E-state index >= 15 is 0 Å². The Morgan fingerprint density at radius 2 is 1.83 bits per heavy atom. The molecular weight excluding hydrogens is 300 g/mol. The number of hydrogen-bond acceptors (Lipinski definition) is 2. The first-order valence-corrected chi connectivity index (χ1v) is 9.19. The van der Waals surface area contributed by atoms with Crippen LogP contribution in [0.5, 0.6) is 0 Å². The average Bonchev–Trinajstić information content (AvgIpc) is 2.61. The van der Waals surface area contributed by atoms with Crippen LogP contribution in [0.3, 0.4) is 0 Å². The van der Waals surface area contributed by atoms with Crippen LogP contribution in [0.15, 0.2) is 30.3 Å². The van der Waals surface area contributed by atoms with E-state index in [1.54, 1.807) is 0 Å². The molecule has 2 heterocycles. The number of amides is 2. The summed E-state index contributed by atoms with van der Waals surface area (Å²) in [6.45, 7) is 6.48. The summed E-state index contributed by atoms with van der Waals surface area (Å²) in [5.41, 5.74) is -0.0344. The lowest BCUT2D eigenvalue weighted by atomic mass is 9.85. The Kier molecular flexibility index (Phi) is 4.93. The topological polar surface area (TPSA) is 40.6 Å². The fourth-order valence-electron chi connectivity index (χ4n) is 4.12. The van der Waals surface area contributed by atoms with Gasteiger partial charge in [0.2, 0.25) is 5.91 Å².